The molecule has 0 atom stereocenters. The van der Waals surface area contributed by atoms with Gasteiger partial charge in [0.15, 0.2) is 0 Å². The van der Waals surface area contributed by atoms with Gasteiger partial charge in [0.25, 0.3) is 0 Å². The summed E-state index contributed by atoms with van der Waals surface area (Å²) in [4.78, 5) is 16.0. The summed E-state index contributed by atoms with van der Waals surface area (Å²) in [5.41, 5.74) is 1.73. The van der Waals surface area contributed by atoms with Crippen molar-refractivity contribution in [1.29, 1.82) is 0 Å². The van der Waals surface area contributed by atoms with Gasteiger partial charge < -0.3 is 10.6 Å². The minimum atomic E-state index is 0.00453. The van der Waals surface area contributed by atoms with E-state index >= 15 is 0 Å². The molecule has 0 spiro atoms. The van der Waals surface area contributed by atoms with Crippen LogP contribution in [0.4, 0.5) is 11.5 Å². The summed E-state index contributed by atoms with van der Waals surface area (Å²) < 4.78 is 0. The first-order valence-corrected chi connectivity index (χ1v) is 8.63. The van der Waals surface area contributed by atoms with Crippen LogP contribution in [0.2, 0.25) is 10.0 Å². The summed E-state index contributed by atoms with van der Waals surface area (Å²) in [5.74, 6) is 1.09. The molecule has 0 radical (unpaired) electrons. The Hall–Kier alpha value is -1.78. The number of rotatable bonds is 7. The highest BCUT2D eigenvalue weighted by Crippen LogP contribution is 2.21. The number of nitrogens with zero attached hydrogens (tertiary/aromatic N) is 1. The van der Waals surface area contributed by atoms with E-state index in [9.17, 15) is 4.79 Å². The van der Waals surface area contributed by atoms with Gasteiger partial charge in [-0.1, -0.05) is 43.1 Å². The van der Waals surface area contributed by atoms with Gasteiger partial charge in [0.05, 0.1) is 11.9 Å². The largest absolute Gasteiger partial charge is 0.370 e. The standard InChI is InChI=1S/C18H21Cl2N3O/c1-12(2)9-18(24)23-15-5-6-17(22-11-15)21-8-7-13-3-4-14(19)10-16(13)20/h3-6,10-12H,7-9H2,1-2H3,(H,21,22)(H,23,24). The molecule has 2 rings (SSSR count). The summed E-state index contributed by atoms with van der Waals surface area (Å²) in [7, 11) is 0. The van der Waals surface area contributed by atoms with E-state index in [0.29, 0.717) is 34.6 Å². The van der Waals surface area contributed by atoms with E-state index in [1.807, 2.05) is 38.1 Å². The number of carbonyl (C=O) groups excluding carboxylic acids is 1. The molecule has 6 heteroatoms. The summed E-state index contributed by atoms with van der Waals surface area (Å²) in [6.07, 6.45) is 2.92. The zero-order chi connectivity index (χ0) is 17.5. The Labute approximate surface area is 152 Å². The predicted octanol–water partition coefficient (Wildman–Crippen LogP) is 5.03. The van der Waals surface area contributed by atoms with Crippen molar-refractivity contribution in [3.63, 3.8) is 0 Å². The number of aromatic nitrogens is 1. The highest BCUT2D eigenvalue weighted by Gasteiger charge is 2.06. The molecule has 0 unspecified atom stereocenters. The molecule has 0 aliphatic carbocycles. The fraction of sp³-hybridized carbons (Fsp3) is 0.333. The van der Waals surface area contributed by atoms with Gasteiger partial charge in [0.1, 0.15) is 5.82 Å². The zero-order valence-corrected chi connectivity index (χ0v) is 15.3. The molecular weight excluding hydrogens is 345 g/mol. The van der Waals surface area contributed by atoms with E-state index in [0.717, 1.165) is 17.8 Å². The Bertz CT molecular complexity index is 687. The van der Waals surface area contributed by atoms with Gasteiger partial charge in [-0.05, 0) is 42.2 Å². The molecule has 0 aliphatic heterocycles. The van der Waals surface area contributed by atoms with E-state index in [4.69, 9.17) is 23.2 Å². The van der Waals surface area contributed by atoms with Crippen LogP contribution in [-0.4, -0.2) is 17.4 Å². The van der Waals surface area contributed by atoms with Crippen molar-refractivity contribution in [2.45, 2.75) is 26.7 Å². The molecule has 1 heterocycles. The number of nitrogens with one attached hydrogen (secondary N) is 2. The first-order valence-electron chi connectivity index (χ1n) is 7.87. The van der Waals surface area contributed by atoms with E-state index < -0.39 is 0 Å². The number of benzene rings is 1. The lowest BCUT2D eigenvalue weighted by Gasteiger charge is -2.09. The van der Waals surface area contributed by atoms with Gasteiger partial charge in [0.2, 0.25) is 5.91 Å². The number of hydrogen-bond acceptors (Lipinski definition) is 3. The molecule has 2 aromatic rings. The van der Waals surface area contributed by atoms with Crippen molar-refractivity contribution >= 4 is 40.6 Å². The molecule has 1 aromatic heterocycles. The Kier molecular flexibility index (Phi) is 6.88. The Balaban J connectivity index is 1.82. The van der Waals surface area contributed by atoms with Crippen LogP contribution < -0.4 is 10.6 Å². The smallest absolute Gasteiger partial charge is 0.224 e. The Morgan fingerprint density at radius 3 is 2.62 bits per heavy atom. The summed E-state index contributed by atoms with van der Waals surface area (Å²) in [6, 6.07) is 9.17. The van der Waals surface area contributed by atoms with Crippen LogP contribution >= 0.6 is 23.2 Å². The first kappa shape index (κ1) is 18.6. The second-order valence-corrected chi connectivity index (χ2v) is 6.83. The third-order valence-corrected chi connectivity index (χ3v) is 3.94. The monoisotopic (exact) mass is 365 g/mol. The van der Waals surface area contributed by atoms with Crippen LogP contribution in [0.15, 0.2) is 36.5 Å². The minimum absolute atomic E-state index is 0.00453. The predicted molar refractivity (Wildman–Crippen MR) is 101 cm³/mol. The Morgan fingerprint density at radius 1 is 1.21 bits per heavy atom. The molecule has 0 fully saturated rings. The van der Waals surface area contributed by atoms with Crippen molar-refractivity contribution in [2.75, 3.05) is 17.2 Å². The maximum absolute atomic E-state index is 11.7. The first-order chi connectivity index (χ1) is 11.4. The highest BCUT2D eigenvalue weighted by molar-refractivity contribution is 6.35. The second kappa shape index (κ2) is 8.90. The number of hydrogen-bond donors (Lipinski definition) is 2. The Morgan fingerprint density at radius 2 is 2.00 bits per heavy atom. The normalized spacial score (nSPS) is 10.7. The summed E-state index contributed by atoms with van der Waals surface area (Å²) in [5, 5.41) is 7.37. The van der Waals surface area contributed by atoms with Gasteiger partial charge in [-0.25, -0.2) is 4.98 Å². The molecule has 0 saturated carbocycles. The van der Waals surface area contributed by atoms with Crippen molar-refractivity contribution in [2.24, 2.45) is 5.92 Å². The highest BCUT2D eigenvalue weighted by atomic mass is 35.5. The second-order valence-electron chi connectivity index (χ2n) is 5.99. The lowest BCUT2D eigenvalue weighted by Crippen LogP contribution is -2.14. The molecule has 128 valence electrons. The minimum Gasteiger partial charge on any atom is -0.370 e. The fourth-order valence-electron chi connectivity index (χ4n) is 2.20. The fourth-order valence-corrected chi connectivity index (χ4v) is 2.71. The lowest BCUT2D eigenvalue weighted by atomic mass is 10.1. The average molecular weight is 366 g/mol. The number of pyridine rings is 1. The van der Waals surface area contributed by atoms with Gasteiger partial charge in [0, 0.05) is 23.0 Å². The van der Waals surface area contributed by atoms with Crippen LogP contribution in [-0.2, 0) is 11.2 Å². The SMILES string of the molecule is CC(C)CC(=O)Nc1ccc(NCCc2ccc(Cl)cc2Cl)nc1. The molecule has 24 heavy (non-hydrogen) atoms. The van der Waals surface area contributed by atoms with Crippen LogP contribution in [0.1, 0.15) is 25.8 Å². The maximum atomic E-state index is 11.7. The lowest BCUT2D eigenvalue weighted by molar-refractivity contribution is -0.116. The summed E-state index contributed by atoms with van der Waals surface area (Å²) in [6.45, 7) is 4.73. The van der Waals surface area contributed by atoms with Crippen molar-refractivity contribution in [3.8, 4) is 0 Å². The molecule has 1 aromatic carbocycles. The van der Waals surface area contributed by atoms with Crippen LogP contribution in [0.25, 0.3) is 0 Å². The summed E-state index contributed by atoms with van der Waals surface area (Å²) >= 11 is 12.0. The molecule has 1 amide bonds. The van der Waals surface area contributed by atoms with Crippen molar-refractivity contribution in [3.05, 3.63) is 52.1 Å². The molecule has 2 N–H and O–H groups in total. The van der Waals surface area contributed by atoms with Crippen molar-refractivity contribution < 1.29 is 4.79 Å². The zero-order valence-electron chi connectivity index (χ0n) is 13.8. The quantitative estimate of drug-likeness (QED) is 0.723. The molecule has 0 bridgehead atoms. The van der Waals surface area contributed by atoms with Crippen LogP contribution in [0, 0.1) is 5.92 Å². The third kappa shape index (κ3) is 6.02. The van der Waals surface area contributed by atoms with Crippen molar-refractivity contribution in [1.82, 2.24) is 4.98 Å². The van der Waals surface area contributed by atoms with Gasteiger partial charge in [-0.3, -0.25) is 4.79 Å². The van der Waals surface area contributed by atoms with Crippen LogP contribution in [0.5, 0.6) is 0 Å². The van der Waals surface area contributed by atoms with E-state index in [1.54, 1.807) is 12.3 Å². The van der Waals surface area contributed by atoms with Crippen LogP contribution in [0.3, 0.4) is 0 Å². The number of anilines is 2. The molecule has 4 nitrogen and oxygen atoms in total. The average Bonchev–Trinajstić information content (AvgIpc) is 2.50. The van der Waals surface area contributed by atoms with E-state index in [2.05, 4.69) is 15.6 Å². The molecule has 0 aliphatic rings. The van der Waals surface area contributed by atoms with Gasteiger partial charge >= 0.3 is 0 Å². The number of amides is 1. The van der Waals surface area contributed by atoms with Gasteiger partial charge in [-0.15, -0.1) is 0 Å². The third-order valence-electron chi connectivity index (χ3n) is 3.36. The van der Waals surface area contributed by atoms with E-state index in [1.165, 1.54) is 0 Å². The topological polar surface area (TPSA) is 54.0 Å². The van der Waals surface area contributed by atoms with Gasteiger partial charge in [-0.2, -0.15) is 0 Å². The number of halogens is 2. The maximum Gasteiger partial charge on any atom is 0.224 e. The van der Waals surface area contributed by atoms with E-state index in [-0.39, 0.29) is 5.91 Å². The number of carbonyl (C=O) groups is 1. The molecular formula is C18H21Cl2N3O. The molecule has 0 saturated heterocycles.